The van der Waals surface area contributed by atoms with Crippen LogP contribution in [0.15, 0.2) is 63.2 Å². The van der Waals surface area contributed by atoms with E-state index in [0.717, 1.165) is 21.1 Å². The number of nitrogens with two attached hydrogens (primary N) is 1. The minimum atomic E-state index is -0.692. The molecular weight excluding hydrogens is 462 g/mol. The highest BCUT2D eigenvalue weighted by molar-refractivity contribution is 9.10. The molecule has 2 aromatic rings. The fourth-order valence-corrected chi connectivity index (χ4v) is 3.68. The lowest BCUT2D eigenvalue weighted by Crippen LogP contribution is -2.31. The number of imide groups is 1. The van der Waals surface area contributed by atoms with Gasteiger partial charge < -0.3 is 5.73 Å². The molecule has 1 heterocycles. The number of carbonyl (C=O) groups excluding carboxylic acids is 2. The van der Waals surface area contributed by atoms with Crippen molar-refractivity contribution in [2.75, 3.05) is 4.90 Å². The van der Waals surface area contributed by atoms with Crippen LogP contribution >= 0.6 is 27.7 Å². The summed E-state index contributed by atoms with van der Waals surface area (Å²) >= 11 is 4.26. The number of amides is 2. The summed E-state index contributed by atoms with van der Waals surface area (Å²) in [4.78, 5) is 36.3. The lowest BCUT2D eigenvalue weighted by atomic mass is 10.2. The van der Waals surface area contributed by atoms with Gasteiger partial charge in [-0.15, -0.1) is 5.10 Å². The maximum absolute atomic E-state index is 12.6. The molecule has 3 rings (SSSR count). The molecule has 0 aromatic heterocycles. The van der Waals surface area contributed by atoms with Crippen molar-refractivity contribution >= 4 is 62.3 Å². The van der Waals surface area contributed by atoms with Crippen LogP contribution in [0.3, 0.4) is 0 Å². The van der Waals surface area contributed by atoms with Crippen molar-refractivity contribution in [1.82, 2.24) is 0 Å². The monoisotopic (exact) mass is 475 g/mol. The predicted molar refractivity (Wildman–Crippen MR) is 115 cm³/mol. The van der Waals surface area contributed by atoms with Crippen LogP contribution in [0.25, 0.3) is 0 Å². The Morgan fingerprint density at radius 2 is 2.00 bits per heavy atom. The van der Waals surface area contributed by atoms with E-state index in [9.17, 15) is 19.7 Å². The minimum absolute atomic E-state index is 0.00434. The van der Waals surface area contributed by atoms with E-state index in [1.165, 1.54) is 24.4 Å². The van der Waals surface area contributed by atoms with E-state index in [0.29, 0.717) is 11.3 Å². The van der Waals surface area contributed by atoms with Crippen molar-refractivity contribution in [1.29, 1.82) is 0 Å². The molecule has 0 spiro atoms. The topological polar surface area (TPSA) is 131 Å². The molecule has 2 amide bonds. The maximum atomic E-state index is 12.6. The number of hydrogen-bond acceptors (Lipinski definition) is 7. The van der Waals surface area contributed by atoms with Crippen molar-refractivity contribution in [3.63, 3.8) is 0 Å². The van der Waals surface area contributed by atoms with E-state index < -0.39 is 10.2 Å². The first kappa shape index (κ1) is 20.7. The van der Waals surface area contributed by atoms with Crippen molar-refractivity contribution in [3.05, 3.63) is 68.7 Å². The Morgan fingerprint density at radius 3 is 2.69 bits per heavy atom. The second-order valence-corrected chi connectivity index (χ2v) is 8.03. The lowest BCUT2D eigenvalue weighted by Gasteiger charge is -2.14. The smallest absolute Gasteiger partial charge is 0.270 e. The van der Waals surface area contributed by atoms with Gasteiger partial charge in [0.25, 0.3) is 5.69 Å². The van der Waals surface area contributed by atoms with Crippen molar-refractivity contribution in [2.24, 2.45) is 15.9 Å². The van der Waals surface area contributed by atoms with Gasteiger partial charge in [-0.2, -0.15) is 5.10 Å². The second-order valence-electron chi connectivity index (χ2n) is 5.89. The summed E-state index contributed by atoms with van der Waals surface area (Å²) in [6.07, 6.45) is 1.32. The zero-order chi connectivity index (χ0) is 21.0. The van der Waals surface area contributed by atoms with Crippen molar-refractivity contribution < 1.29 is 14.5 Å². The molecule has 29 heavy (non-hydrogen) atoms. The average molecular weight is 476 g/mol. The number of thioether (sulfide) groups is 1. The van der Waals surface area contributed by atoms with Gasteiger partial charge in [-0.25, -0.2) is 4.90 Å². The molecule has 0 saturated carbocycles. The van der Waals surface area contributed by atoms with Crippen LogP contribution in [0.1, 0.15) is 12.0 Å². The summed E-state index contributed by atoms with van der Waals surface area (Å²) < 4.78 is 0.837. The first-order valence-electron chi connectivity index (χ1n) is 8.25. The molecule has 1 saturated heterocycles. The van der Waals surface area contributed by atoms with Gasteiger partial charge in [0.05, 0.1) is 16.8 Å². The maximum Gasteiger partial charge on any atom is 0.270 e. The number of amidine groups is 1. The van der Waals surface area contributed by atoms with Crippen LogP contribution in [0.5, 0.6) is 0 Å². The number of benzene rings is 2. The number of non-ortho nitro benzene ring substituents is 1. The second kappa shape index (κ2) is 8.97. The SMILES string of the molecule is NC(=NN=Cc1cccc([N+](=O)[O-])c1)SC1CC(=O)N(c2ccc(Br)cc2)C1=O. The predicted octanol–water partition coefficient (Wildman–Crippen LogP) is 3.07. The third kappa shape index (κ3) is 5.06. The first-order valence-corrected chi connectivity index (χ1v) is 9.92. The molecule has 11 heteroatoms. The van der Waals surface area contributed by atoms with E-state index in [-0.39, 0.29) is 29.1 Å². The summed E-state index contributed by atoms with van der Waals surface area (Å²) in [6, 6.07) is 12.7. The minimum Gasteiger partial charge on any atom is -0.377 e. The van der Waals surface area contributed by atoms with Crippen molar-refractivity contribution in [2.45, 2.75) is 11.7 Å². The highest BCUT2D eigenvalue weighted by Crippen LogP contribution is 2.30. The van der Waals surface area contributed by atoms with Gasteiger partial charge in [-0.05, 0) is 24.3 Å². The van der Waals surface area contributed by atoms with Crippen LogP contribution in [-0.2, 0) is 9.59 Å². The molecular formula is C18H14BrN5O4S. The molecule has 1 aliphatic rings. The van der Waals surface area contributed by atoms with E-state index in [1.54, 1.807) is 30.3 Å². The third-order valence-electron chi connectivity index (χ3n) is 3.90. The Hall–Kier alpha value is -3.05. The quantitative estimate of drug-likeness (QED) is 0.232. The number of hydrogen-bond donors (Lipinski definition) is 1. The van der Waals surface area contributed by atoms with Gasteiger partial charge in [0, 0.05) is 28.6 Å². The van der Waals surface area contributed by atoms with Gasteiger partial charge in [0.15, 0.2) is 5.17 Å². The highest BCUT2D eigenvalue weighted by Gasteiger charge is 2.40. The number of nitrogens with zero attached hydrogens (tertiary/aromatic N) is 4. The van der Waals surface area contributed by atoms with Crippen LogP contribution in [0, 0.1) is 10.1 Å². The summed E-state index contributed by atoms with van der Waals surface area (Å²) in [5, 5.41) is 17.7. The fourth-order valence-electron chi connectivity index (χ4n) is 2.60. The molecule has 0 aliphatic carbocycles. The fraction of sp³-hybridized carbons (Fsp3) is 0.111. The normalized spacial score (nSPS) is 17.3. The Bertz CT molecular complexity index is 1030. The van der Waals surface area contributed by atoms with Gasteiger partial charge in [-0.1, -0.05) is 39.8 Å². The summed E-state index contributed by atoms with van der Waals surface area (Å²) in [6.45, 7) is 0. The Morgan fingerprint density at radius 1 is 1.28 bits per heavy atom. The van der Waals surface area contributed by atoms with Gasteiger partial charge in [0.1, 0.15) is 5.25 Å². The zero-order valence-corrected chi connectivity index (χ0v) is 17.2. The summed E-state index contributed by atoms with van der Waals surface area (Å²) in [5.74, 6) is -0.689. The molecule has 0 bridgehead atoms. The standard InChI is InChI=1S/C18H14BrN5O4S/c19-12-4-6-13(7-5-12)23-16(25)9-15(17(23)26)29-18(20)22-21-10-11-2-1-3-14(8-11)24(27)28/h1-8,10,15H,9H2,(H2,20,22). The van der Waals surface area contributed by atoms with E-state index in [2.05, 4.69) is 26.1 Å². The lowest BCUT2D eigenvalue weighted by molar-refractivity contribution is -0.384. The van der Waals surface area contributed by atoms with Gasteiger partial charge >= 0.3 is 0 Å². The van der Waals surface area contributed by atoms with E-state index in [4.69, 9.17) is 5.73 Å². The number of rotatable bonds is 5. The van der Waals surface area contributed by atoms with Crippen LogP contribution < -0.4 is 10.6 Å². The Labute approximate surface area is 177 Å². The van der Waals surface area contributed by atoms with Gasteiger partial charge in [-0.3, -0.25) is 19.7 Å². The summed E-state index contributed by atoms with van der Waals surface area (Å²) in [5.41, 5.74) is 6.72. The first-order chi connectivity index (χ1) is 13.8. The molecule has 1 atom stereocenters. The van der Waals surface area contributed by atoms with Crippen LogP contribution in [0.2, 0.25) is 0 Å². The van der Waals surface area contributed by atoms with E-state index in [1.807, 2.05) is 0 Å². The Kier molecular flexibility index (Phi) is 6.39. The highest BCUT2D eigenvalue weighted by atomic mass is 79.9. The molecule has 2 aromatic carbocycles. The molecule has 0 radical (unpaired) electrons. The largest absolute Gasteiger partial charge is 0.377 e. The Balaban J connectivity index is 1.66. The number of carbonyl (C=O) groups is 2. The van der Waals surface area contributed by atoms with Crippen molar-refractivity contribution in [3.8, 4) is 0 Å². The van der Waals surface area contributed by atoms with Gasteiger partial charge in [0.2, 0.25) is 11.8 Å². The number of nitro groups is 1. The number of nitro benzene ring substituents is 1. The van der Waals surface area contributed by atoms with Crippen LogP contribution in [-0.4, -0.2) is 33.4 Å². The molecule has 1 aliphatic heterocycles. The molecule has 1 unspecified atom stereocenters. The van der Waals surface area contributed by atoms with E-state index >= 15 is 0 Å². The molecule has 148 valence electrons. The average Bonchev–Trinajstić information content (AvgIpc) is 2.96. The number of anilines is 1. The molecule has 1 fully saturated rings. The zero-order valence-electron chi connectivity index (χ0n) is 14.8. The molecule has 9 nitrogen and oxygen atoms in total. The van der Waals surface area contributed by atoms with Crippen LogP contribution in [0.4, 0.5) is 11.4 Å². The third-order valence-corrected chi connectivity index (χ3v) is 5.40. The molecule has 2 N–H and O–H groups in total. The number of halogens is 1. The summed E-state index contributed by atoms with van der Waals surface area (Å²) in [7, 11) is 0.